The number of aromatic nitrogens is 5. The number of alkyl halides is 2. The van der Waals surface area contributed by atoms with E-state index in [1.165, 1.54) is 4.52 Å². The molecule has 3 saturated heterocycles. The number of halogens is 2. The fourth-order valence-electron chi connectivity index (χ4n) is 6.09. The lowest BCUT2D eigenvalue weighted by molar-refractivity contribution is -0.135. The topological polar surface area (TPSA) is 122 Å². The van der Waals surface area contributed by atoms with Crippen LogP contribution in [0.4, 0.5) is 20.7 Å². The second-order valence-electron chi connectivity index (χ2n) is 10.9. The van der Waals surface area contributed by atoms with Crippen LogP contribution in [0.2, 0.25) is 0 Å². The van der Waals surface area contributed by atoms with E-state index in [0.29, 0.717) is 41.7 Å². The van der Waals surface area contributed by atoms with Gasteiger partial charge in [0.25, 0.3) is 11.7 Å². The number of furan rings is 1. The monoisotopic (exact) mass is 529 g/mol. The van der Waals surface area contributed by atoms with Crippen LogP contribution in [0.15, 0.2) is 22.8 Å². The van der Waals surface area contributed by atoms with Gasteiger partial charge >= 0.3 is 0 Å². The number of likely N-dealkylation sites (tertiary alicyclic amines) is 2. The maximum absolute atomic E-state index is 13.4. The van der Waals surface area contributed by atoms with Crippen molar-refractivity contribution in [3.8, 4) is 11.6 Å². The second kappa shape index (κ2) is 9.75. The van der Waals surface area contributed by atoms with Gasteiger partial charge in [-0.05, 0) is 69.2 Å². The van der Waals surface area contributed by atoms with Gasteiger partial charge in [0.1, 0.15) is 6.04 Å². The third-order valence-electron chi connectivity index (χ3n) is 8.18. The normalized spacial score (nSPS) is 22.2. The van der Waals surface area contributed by atoms with Gasteiger partial charge in [0.05, 0.1) is 12.8 Å². The van der Waals surface area contributed by atoms with Gasteiger partial charge in [-0.3, -0.25) is 9.69 Å². The molecule has 3 aliphatic heterocycles. The molecule has 3 aliphatic rings. The first-order valence-electron chi connectivity index (χ1n) is 13.3. The summed E-state index contributed by atoms with van der Waals surface area (Å²) in [6, 6.07) is 3.18. The van der Waals surface area contributed by atoms with Crippen LogP contribution in [-0.4, -0.2) is 91.5 Å². The molecule has 3 aromatic rings. The van der Waals surface area contributed by atoms with Gasteiger partial charge in [-0.25, -0.2) is 8.78 Å². The fourth-order valence-corrected chi connectivity index (χ4v) is 6.09. The van der Waals surface area contributed by atoms with Gasteiger partial charge in [-0.2, -0.15) is 19.5 Å². The molecule has 38 heavy (non-hydrogen) atoms. The Hall–Kier alpha value is -3.35. The van der Waals surface area contributed by atoms with Crippen LogP contribution in [0.1, 0.15) is 39.0 Å². The summed E-state index contributed by atoms with van der Waals surface area (Å²) in [5.41, 5.74) is 6.15. The Morgan fingerprint density at radius 1 is 1.05 bits per heavy atom. The lowest BCUT2D eigenvalue weighted by Gasteiger charge is -2.45. The molecular formula is C25H33F2N9O2. The molecule has 3 aromatic heterocycles. The molecule has 0 aromatic carbocycles. The van der Waals surface area contributed by atoms with Gasteiger partial charge in [0, 0.05) is 26.6 Å². The number of rotatable bonds is 6. The predicted molar refractivity (Wildman–Crippen MR) is 136 cm³/mol. The number of nitrogen functional groups attached to an aromatic ring is 1. The number of carbonyl (C=O) groups excluding carboxylic acids is 1. The van der Waals surface area contributed by atoms with Crippen molar-refractivity contribution >= 4 is 23.6 Å². The summed E-state index contributed by atoms with van der Waals surface area (Å²) in [4.78, 5) is 32.5. The predicted octanol–water partition coefficient (Wildman–Crippen LogP) is 2.55. The number of amides is 1. The van der Waals surface area contributed by atoms with E-state index >= 15 is 0 Å². The molecule has 6 rings (SSSR count). The van der Waals surface area contributed by atoms with Gasteiger partial charge in [-0.15, -0.1) is 5.10 Å². The lowest BCUT2D eigenvalue weighted by atomic mass is 9.78. The van der Waals surface area contributed by atoms with E-state index in [1.807, 2.05) is 14.7 Å². The number of fused-ring (bicyclic) bond motifs is 1. The van der Waals surface area contributed by atoms with Gasteiger partial charge in [0.15, 0.2) is 5.76 Å². The number of hydrogen-bond acceptors (Lipinski definition) is 9. The van der Waals surface area contributed by atoms with Crippen LogP contribution < -0.4 is 10.6 Å². The lowest BCUT2D eigenvalue weighted by Crippen LogP contribution is -2.59. The van der Waals surface area contributed by atoms with Gasteiger partial charge in [-0.1, -0.05) is 0 Å². The van der Waals surface area contributed by atoms with Crippen LogP contribution >= 0.6 is 0 Å². The first-order chi connectivity index (χ1) is 18.2. The van der Waals surface area contributed by atoms with Gasteiger partial charge < -0.3 is 20.0 Å². The summed E-state index contributed by atoms with van der Waals surface area (Å²) in [5, 5.41) is 4.32. The van der Waals surface area contributed by atoms with E-state index < -0.39 is 5.92 Å². The molecule has 0 saturated carbocycles. The average Bonchev–Trinajstić information content (AvgIpc) is 3.53. The van der Waals surface area contributed by atoms with Crippen LogP contribution in [0.5, 0.6) is 0 Å². The molecule has 6 heterocycles. The molecule has 0 aliphatic carbocycles. The quantitative estimate of drug-likeness (QED) is 0.513. The smallest absolute Gasteiger partial charge is 0.259 e. The number of nitrogens with two attached hydrogens (primary N) is 1. The largest absolute Gasteiger partial charge is 0.461 e. The van der Waals surface area contributed by atoms with Crippen molar-refractivity contribution in [2.45, 2.75) is 51.0 Å². The molecule has 1 amide bonds. The minimum atomic E-state index is -2.64. The van der Waals surface area contributed by atoms with E-state index in [2.05, 4.69) is 20.1 Å². The third kappa shape index (κ3) is 4.91. The highest BCUT2D eigenvalue weighted by atomic mass is 19.3. The highest BCUT2D eigenvalue weighted by Crippen LogP contribution is 2.34. The highest BCUT2D eigenvalue weighted by molar-refractivity contribution is 5.86. The van der Waals surface area contributed by atoms with Gasteiger partial charge in [0.2, 0.25) is 23.6 Å². The second-order valence-corrected chi connectivity index (χ2v) is 10.9. The first-order valence-corrected chi connectivity index (χ1v) is 13.3. The van der Waals surface area contributed by atoms with Crippen molar-refractivity contribution in [2.24, 2.45) is 11.8 Å². The Morgan fingerprint density at radius 3 is 2.37 bits per heavy atom. The Morgan fingerprint density at radius 2 is 1.76 bits per heavy atom. The summed E-state index contributed by atoms with van der Waals surface area (Å²) >= 11 is 0. The maximum atomic E-state index is 13.4. The van der Waals surface area contributed by atoms with E-state index in [-0.39, 0.29) is 24.4 Å². The maximum Gasteiger partial charge on any atom is 0.259 e. The van der Waals surface area contributed by atoms with E-state index in [4.69, 9.17) is 10.2 Å². The summed E-state index contributed by atoms with van der Waals surface area (Å²) in [7, 11) is 0. The summed E-state index contributed by atoms with van der Waals surface area (Å²) in [5.74, 6) is 0.218. The van der Waals surface area contributed by atoms with E-state index in [0.717, 1.165) is 65.2 Å². The summed E-state index contributed by atoms with van der Waals surface area (Å²) < 4.78 is 33.4. The molecular weight excluding hydrogens is 496 g/mol. The zero-order chi connectivity index (χ0) is 26.4. The van der Waals surface area contributed by atoms with Crippen molar-refractivity contribution in [3.05, 3.63) is 18.4 Å². The molecule has 1 atom stereocenters. The molecule has 11 nitrogen and oxygen atoms in total. The Labute approximate surface area is 219 Å². The minimum absolute atomic E-state index is 0.0921. The van der Waals surface area contributed by atoms with Crippen molar-refractivity contribution < 1.29 is 18.0 Å². The fraction of sp³-hybridized carbons (Fsp3) is 0.640. The van der Waals surface area contributed by atoms with E-state index in [9.17, 15) is 13.6 Å². The Kier molecular flexibility index (Phi) is 6.40. The molecule has 0 unspecified atom stereocenters. The van der Waals surface area contributed by atoms with Crippen molar-refractivity contribution in [3.63, 3.8) is 0 Å². The number of anilines is 2. The van der Waals surface area contributed by atoms with Crippen LogP contribution in [0, 0.1) is 11.8 Å². The summed E-state index contributed by atoms with van der Waals surface area (Å²) in [6.45, 7) is 4.40. The Balaban J connectivity index is 1.05. The summed E-state index contributed by atoms with van der Waals surface area (Å²) in [6.07, 6.45) is 6.10. The van der Waals surface area contributed by atoms with Crippen molar-refractivity contribution in [1.29, 1.82) is 0 Å². The number of carbonyl (C=O) groups is 1. The minimum Gasteiger partial charge on any atom is -0.461 e. The average molecular weight is 530 g/mol. The van der Waals surface area contributed by atoms with Crippen LogP contribution in [0.25, 0.3) is 17.4 Å². The molecule has 13 heteroatoms. The van der Waals surface area contributed by atoms with Crippen LogP contribution in [0.3, 0.4) is 0 Å². The highest BCUT2D eigenvalue weighted by Gasteiger charge is 2.41. The number of piperidine rings is 2. The number of nitrogens with zero attached hydrogens (tertiary/aromatic N) is 8. The molecule has 3 fully saturated rings. The Bertz CT molecular complexity index is 1280. The zero-order valence-electron chi connectivity index (χ0n) is 21.5. The molecule has 204 valence electrons. The van der Waals surface area contributed by atoms with Crippen LogP contribution in [-0.2, 0) is 4.79 Å². The standard InChI is InChI=1S/C25H33F2N9O2/c1-25(26,27)15-33-9-4-16(5-10-33)17-6-11-34(12-7-17)21(37)18-8-13-35(18)23-30-22(28)36-24(31-23)29-20(32-36)19-3-2-14-38-19/h2-3,14,16-18H,4-13,15H2,1H3,(H2,28,29,30,31,32)/t18-/m0/s1. The first kappa shape index (κ1) is 25.0. The zero-order valence-corrected chi connectivity index (χ0v) is 21.5. The molecule has 0 radical (unpaired) electrons. The van der Waals surface area contributed by atoms with Crippen molar-refractivity contribution in [1.82, 2.24) is 34.4 Å². The SMILES string of the molecule is CC(F)(F)CN1CCC(C2CCN(C(=O)[C@@H]3CCN3c3nc(N)n4nc(-c5ccco5)nc4n3)CC2)CC1. The molecule has 2 N–H and O–H groups in total. The molecule has 0 bridgehead atoms. The van der Waals surface area contributed by atoms with E-state index in [1.54, 1.807) is 18.4 Å². The number of hydrogen-bond donors (Lipinski definition) is 1. The van der Waals surface area contributed by atoms with Crippen molar-refractivity contribution in [2.75, 3.05) is 49.9 Å². The molecule has 0 spiro atoms. The third-order valence-corrected chi connectivity index (χ3v) is 8.18.